The zero-order valence-corrected chi connectivity index (χ0v) is 15.8. The van der Waals surface area contributed by atoms with Gasteiger partial charge in [-0.1, -0.05) is 42.5 Å². The minimum Gasteiger partial charge on any atom is -0.491 e. The number of nitrogens with two attached hydrogens (primary N) is 1. The number of hydrogen-bond donors (Lipinski definition) is 2. The summed E-state index contributed by atoms with van der Waals surface area (Å²) in [6.07, 6.45) is 0.413. The van der Waals surface area contributed by atoms with Crippen molar-refractivity contribution in [1.82, 2.24) is 5.32 Å². The van der Waals surface area contributed by atoms with E-state index >= 15 is 0 Å². The minimum atomic E-state index is -0.291. The van der Waals surface area contributed by atoms with Gasteiger partial charge < -0.3 is 15.8 Å². The molecule has 0 aliphatic carbocycles. The standard InChI is InChI=1S/C20H26N2O2.ClH/c1-14(2)24-18-11-9-16(10-12-18)15(3)22-20(23)13-19(21)17-7-5-4-6-8-17;/h4-12,14-15,19H,13,21H2,1-3H3,(H,22,23);1H. The van der Waals surface area contributed by atoms with Crippen LogP contribution in [0, 0.1) is 0 Å². The number of benzene rings is 2. The maximum absolute atomic E-state index is 12.2. The van der Waals surface area contributed by atoms with Crippen molar-refractivity contribution in [2.45, 2.75) is 45.4 Å². The lowest BCUT2D eigenvalue weighted by molar-refractivity contribution is -0.122. The number of rotatable bonds is 7. The van der Waals surface area contributed by atoms with Gasteiger partial charge in [-0.2, -0.15) is 0 Å². The van der Waals surface area contributed by atoms with Gasteiger partial charge in [0.1, 0.15) is 5.75 Å². The van der Waals surface area contributed by atoms with E-state index in [1.807, 2.05) is 75.4 Å². The van der Waals surface area contributed by atoms with E-state index in [1.165, 1.54) is 0 Å². The molecule has 3 N–H and O–H groups in total. The van der Waals surface area contributed by atoms with Crippen LogP contribution in [0.5, 0.6) is 5.75 Å². The normalized spacial score (nSPS) is 12.8. The molecule has 0 aromatic heterocycles. The smallest absolute Gasteiger partial charge is 0.222 e. The lowest BCUT2D eigenvalue weighted by Crippen LogP contribution is -2.29. The molecule has 25 heavy (non-hydrogen) atoms. The van der Waals surface area contributed by atoms with Gasteiger partial charge >= 0.3 is 0 Å². The fraction of sp³-hybridized carbons (Fsp3) is 0.350. The molecule has 4 nitrogen and oxygen atoms in total. The summed E-state index contributed by atoms with van der Waals surface area (Å²) in [4.78, 5) is 12.2. The van der Waals surface area contributed by atoms with Gasteiger partial charge in [0.15, 0.2) is 0 Å². The van der Waals surface area contributed by atoms with E-state index in [9.17, 15) is 4.79 Å². The minimum absolute atomic E-state index is 0. The van der Waals surface area contributed by atoms with Gasteiger partial charge in [-0.3, -0.25) is 4.79 Å². The molecule has 2 aromatic carbocycles. The van der Waals surface area contributed by atoms with Gasteiger partial charge in [-0.15, -0.1) is 12.4 Å². The first kappa shape index (κ1) is 21.0. The van der Waals surface area contributed by atoms with Crippen LogP contribution in [-0.4, -0.2) is 12.0 Å². The Labute approximate surface area is 156 Å². The van der Waals surface area contributed by atoms with Crippen LogP contribution in [0.25, 0.3) is 0 Å². The van der Waals surface area contributed by atoms with Crippen molar-refractivity contribution in [2.24, 2.45) is 5.73 Å². The zero-order chi connectivity index (χ0) is 17.5. The zero-order valence-electron chi connectivity index (χ0n) is 14.9. The molecule has 0 fully saturated rings. The monoisotopic (exact) mass is 362 g/mol. The molecule has 0 bridgehead atoms. The highest BCUT2D eigenvalue weighted by molar-refractivity contribution is 5.85. The van der Waals surface area contributed by atoms with Crippen LogP contribution in [0.4, 0.5) is 0 Å². The number of hydrogen-bond acceptors (Lipinski definition) is 3. The van der Waals surface area contributed by atoms with Crippen molar-refractivity contribution in [3.63, 3.8) is 0 Å². The third kappa shape index (κ3) is 6.77. The van der Waals surface area contributed by atoms with Crippen molar-refractivity contribution in [3.05, 3.63) is 65.7 Å². The number of carbonyl (C=O) groups is 1. The maximum atomic E-state index is 12.2. The quantitative estimate of drug-likeness (QED) is 0.777. The van der Waals surface area contributed by atoms with Crippen LogP contribution >= 0.6 is 12.4 Å². The van der Waals surface area contributed by atoms with Crippen LogP contribution in [0.2, 0.25) is 0 Å². The Hall–Kier alpha value is -2.04. The van der Waals surface area contributed by atoms with E-state index < -0.39 is 0 Å². The van der Waals surface area contributed by atoms with Crippen molar-refractivity contribution in [1.29, 1.82) is 0 Å². The Balaban J connectivity index is 0.00000312. The van der Waals surface area contributed by atoms with Gasteiger partial charge in [0, 0.05) is 12.5 Å². The number of ether oxygens (including phenoxy) is 1. The van der Waals surface area contributed by atoms with Crippen LogP contribution in [0.15, 0.2) is 54.6 Å². The average Bonchev–Trinajstić information content (AvgIpc) is 2.55. The third-order valence-electron chi connectivity index (χ3n) is 3.76. The molecular weight excluding hydrogens is 336 g/mol. The van der Waals surface area contributed by atoms with Gasteiger partial charge in [-0.05, 0) is 44.0 Å². The average molecular weight is 363 g/mol. The Morgan fingerprint density at radius 1 is 1.00 bits per heavy atom. The Morgan fingerprint density at radius 2 is 1.60 bits per heavy atom. The summed E-state index contributed by atoms with van der Waals surface area (Å²) >= 11 is 0. The second kappa shape index (κ2) is 10.1. The highest BCUT2D eigenvalue weighted by Crippen LogP contribution is 2.19. The lowest BCUT2D eigenvalue weighted by atomic mass is 10.0. The van der Waals surface area contributed by atoms with Gasteiger partial charge in [0.05, 0.1) is 12.1 Å². The highest BCUT2D eigenvalue weighted by Gasteiger charge is 2.14. The fourth-order valence-corrected chi connectivity index (χ4v) is 2.51. The second-order valence-electron chi connectivity index (χ2n) is 6.25. The molecule has 0 aliphatic heterocycles. The SMILES string of the molecule is CC(C)Oc1ccc(C(C)NC(=O)CC(N)c2ccccc2)cc1.Cl. The topological polar surface area (TPSA) is 64.3 Å². The van der Waals surface area contributed by atoms with Gasteiger partial charge in [0.2, 0.25) is 5.91 Å². The van der Waals surface area contributed by atoms with Gasteiger partial charge in [0.25, 0.3) is 0 Å². The van der Waals surface area contributed by atoms with E-state index in [1.54, 1.807) is 0 Å². The summed E-state index contributed by atoms with van der Waals surface area (Å²) in [7, 11) is 0. The Kier molecular flexibility index (Phi) is 8.46. The predicted octanol–water partition coefficient (Wildman–Crippen LogP) is 4.16. The summed E-state index contributed by atoms with van der Waals surface area (Å²) < 4.78 is 5.63. The summed E-state index contributed by atoms with van der Waals surface area (Å²) in [5.74, 6) is 0.778. The number of carbonyl (C=O) groups excluding carboxylic acids is 1. The highest BCUT2D eigenvalue weighted by atomic mass is 35.5. The molecule has 0 saturated carbocycles. The Bertz CT molecular complexity index is 645. The molecule has 136 valence electrons. The van der Waals surface area contributed by atoms with E-state index in [0.717, 1.165) is 16.9 Å². The molecule has 2 unspecified atom stereocenters. The van der Waals surface area contributed by atoms with Crippen molar-refractivity contribution < 1.29 is 9.53 Å². The predicted molar refractivity (Wildman–Crippen MR) is 104 cm³/mol. The number of amides is 1. The molecule has 0 spiro atoms. The summed E-state index contributed by atoms with van der Waals surface area (Å²) in [6.45, 7) is 5.95. The van der Waals surface area contributed by atoms with Crippen LogP contribution in [0.3, 0.4) is 0 Å². The lowest BCUT2D eigenvalue weighted by Gasteiger charge is -2.17. The molecule has 0 heterocycles. The molecule has 0 saturated heterocycles. The van der Waals surface area contributed by atoms with E-state index in [4.69, 9.17) is 10.5 Å². The number of halogens is 1. The van der Waals surface area contributed by atoms with E-state index in [-0.39, 0.29) is 42.9 Å². The first-order valence-electron chi connectivity index (χ1n) is 8.32. The first-order chi connectivity index (χ1) is 11.5. The third-order valence-corrected chi connectivity index (χ3v) is 3.76. The number of nitrogens with one attached hydrogen (secondary N) is 1. The maximum Gasteiger partial charge on any atom is 0.222 e. The van der Waals surface area contributed by atoms with E-state index in [2.05, 4.69) is 5.32 Å². The van der Waals surface area contributed by atoms with Crippen LogP contribution < -0.4 is 15.8 Å². The molecular formula is C20H27ClN2O2. The van der Waals surface area contributed by atoms with Crippen molar-refractivity contribution >= 4 is 18.3 Å². The summed E-state index contributed by atoms with van der Waals surface area (Å²) in [5, 5.41) is 3.00. The van der Waals surface area contributed by atoms with Crippen LogP contribution in [-0.2, 0) is 4.79 Å². The van der Waals surface area contributed by atoms with Crippen molar-refractivity contribution in [2.75, 3.05) is 0 Å². The van der Waals surface area contributed by atoms with Gasteiger partial charge in [-0.25, -0.2) is 0 Å². The van der Waals surface area contributed by atoms with Crippen molar-refractivity contribution in [3.8, 4) is 5.75 Å². The molecule has 2 atom stereocenters. The van der Waals surface area contributed by atoms with Crippen LogP contribution in [0.1, 0.15) is 50.4 Å². The van der Waals surface area contributed by atoms with E-state index in [0.29, 0.717) is 0 Å². The summed E-state index contributed by atoms with van der Waals surface area (Å²) in [6, 6.07) is 17.1. The second-order valence-corrected chi connectivity index (χ2v) is 6.25. The molecule has 1 amide bonds. The molecule has 2 rings (SSSR count). The fourth-order valence-electron chi connectivity index (χ4n) is 2.51. The summed E-state index contributed by atoms with van der Waals surface area (Å²) in [5.41, 5.74) is 8.10. The largest absolute Gasteiger partial charge is 0.491 e. The molecule has 5 heteroatoms. The first-order valence-corrected chi connectivity index (χ1v) is 8.32. The molecule has 0 radical (unpaired) electrons. The molecule has 0 aliphatic rings. The Morgan fingerprint density at radius 3 is 2.16 bits per heavy atom. The molecule has 2 aromatic rings.